The molecule has 170 valence electrons. The summed E-state index contributed by atoms with van der Waals surface area (Å²) in [6.45, 7) is 6.09. The Bertz CT molecular complexity index is 1200. The molecule has 1 aromatic heterocycles. The molecule has 0 fully saturated rings. The van der Waals surface area contributed by atoms with Gasteiger partial charge in [-0.2, -0.15) is 5.10 Å². The maximum Gasteiger partial charge on any atom is 0.323 e. The Labute approximate surface area is 194 Å². The number of nitrogens with zero attached hydrogens (tertiary/aromatic N) is 3. The van der Waals surface area contributed by atoms with Crippen LogP contribution in [0.5, 0.6) is 11.5 Å². The van der Waals surface area contributed by atoms with Gasteiger partial charge in [-0.15, -0.1) is 0 Å². The molecular weight excluding hydrogens is 414 g/mol. The van der Waals surface area contributed by atoms with E-state index in [4.69, 9.17) is 4.74 Å². The predicted molar refractivity (Wildman–Crippen MR) is 133 cm³/mol. The topological polar surface area (TPSA) is 71.4 Å². The average molecular weight is 444 g/mol. The fourth-order valence-corrected chi connectivity index (χ4v) is 3.31. The molecule has 2 N–H and O–H groups in total. The molecule has 7 nitrogen and oxygen atoms in total. The number of carbonyl (C=O) groups excluding carboxylic acids is 1. The van der Waals surface area contributed by atoms with Gasteiger partial charge in [-0.25, -0.2) is 4.79 Å². The molecule has 33 heavy (non-hydrogen) atoms. The Balaban J connectivity index is 1.33. The Kier molecular flexibility index (Phi) is 6.90. The lowest BCUT2D eigenvalue weighted by molar-refractivity contribution is 0.259. The molecule has 0 atom stereocenters. The number of para-hydroxylation sites is 1. The lowest BCUT2D eigenvalue weighted by atomic mass is 10.2. The van der Waals surface area contributed by atoms with Crippen LogP contribution in [0.4, 0.5) is 16.2 Å². The van der Waals surface area contributed by atoms with Crippen molar-refractivity contribution < 1.29 is 9.53 Å². The Hall–Kier alpha value is -3.84. The molecule has 1 heterocycles. The third-order valence-corrected chi connectivity index (χ3v) is 5.46. The van der Waals surface area contributed by atoms with Crippen molar-refractivity contribution in [3.05, 3.63) is 79.0 Å². The molecule has 0 bridgehead atoms. The number of benzene rings is 3. The van der Waals surface area contributed by atoms with Gasteiger partial charge in [-0.05, 0) is 75.5 Å². The summed E-state index contributed by atoms with van der Waals surface area (Å²) in [5.74, 6) is 1.47. The molecule has 0 radical (unpaired) electrons. The van der Waals surface area contributed by atoms with Gasteiger partial charge in [0.25, 0.3) is 0 Å². The van der Waals surface area contributed by atoms with E-state index in [2.05, 4.69) is 41.5 Å². The van der Waals surface area contributed by atoms with Crippen LogP contribution in [0.1, 0.15) is 13.8 Å². The van der Waals surface area contributed by atoms with E-state index in [1.807, 2.05) is 71.5 Å². The summed E-state index contributed by atoms with van der Waals surface area (Å²) in [6, 6.07) is 22.7. The average Bonchev–Trinajstić information content (AvgIpc) is 3.21. The van der Waals surface area contributed by atoms with Crippen LogP contribution in [0.2, 0.25) is 0 Å². The second-order valence-electron chi connectivity index (χ2n) is 8.26. The molecule has 3 aromatic carbocycles. The second-order valence-corrected chi connectivity index (χ2v) is 8.26. The van der Waals surface area contributed by atoms with Crippen LogP contribution < -0.4 is 15.4 Å². The van der Waals surface area contributed by atoms with Gasteiger partial charge in [0, 0.05) is 35.5 Å². The van der Waals surface area contributed by atoms with Gasteiger partial charge in [-0.3, -0.25) is 4.68 Å². The van der Waals surface area contributed by atoms with E-state index in [-0.39, 0.29) is 6.03 Å². The van der Waals surface area contributed by atoms with Crippen LogP contribution >= 0.6 is 0 Å². The van der Waals surface area contributed by atoms with E-state index in [0.29, 0.717) is 23.2 Å². The number of nitrogens with one attached hydrogen (secondary N) is 2. The second kappa shape index (κ2) is 10.2. The van der Waals surface area contributed by atoms with Crippen molar-refractivity contribution in [3.63, 3.8) is 0 Å². The van der Waals surface area contributed by atoms with E-state index < -0.39 is 0 Å². The molecule has 0 aliphatic rings. The highest BCUT2D eigenvalue weighted by Crippen LogP contribution is 2.23. The van der Waals surface area contributed by atoms with Crippen molar-refractivity contribution in [2.24, 2.45) is 0 Å². The highest BCUT2D eigenvalue weighted by Gasteiger charge is 2.08. The largest absolute Gasteiger partial charge is 0.457 e. The number of likely N-dealkylation sites (N-methyl/N-ethyl adjacent to an activating group) is 1. The number of urea groups is 1. The molecule has 0 saturated heterocycles. The lowest BCUT2D eigenvalue weighted by Crippen LogP contribution is -2.29. The van der Waals surface area contributed by atoms with E-state index >= 15 is 0 Å². The van der Waals surface area contributed by atoms with Crippen LogP contribution in [-0.4, -0.2) is 40.3 Å². The number of hydrogen-bond acceptors (Lipinski definition) is 4. The molecule has 0 aliphatic heterocycles. The van der Waals surface area contributed by atoms with Crippen molar-refractivity contribution in [1.82, 2.24) is 14.7 Å². The maximum atomic E-state index is 12.5. The zero-order valence-corrected chi connectivity index (χ0v) is 19.2. The minimum atomic E-state index is -0.308. The SMILES string of the molecule is CC(C)N(C)CCn1cc2cc(NC(=O)Nc3ccc(Oc4ccccc4)cc3)ccc2n1. The zero-order valence-electron chi connectivity index (χ0n) is 19.2. The van der Waals surface area contributed by atoms with Crippen LogP contribution in [0.3, 0.4) is 0 Å². The Morgan fingerprint density at radius 3 is 2.36 bits per heavy atom. The molecule has 0 saturated carbocycles. The van der Waals surface area contributed by atoms with Crippen molar-refractivity contribution in [2.75, 3.05) is 24.2 Å². The number of rotatable bonds is 8. The minimum Gasteiger partial charge on any atom is -0.457 e. The number of hydrogen-bond donors (Lipinski definition) is 2. The van der Waals surface area contributed by atoms with Crippen LogP contribution in [0, 0.1) is 0 Å². The number of fused-ring (bicyclic) bond motifs is 1. The summed E-state index contributed by atoms with van der Waals surface area (Å²) in [6.07, 6.45) is 2.01. The van der Waals surface area contributed by atoms with Gasteiger partial charge in [0.15, 0.2) is 0 Å². The highest BCUT2D eigenvalue weighted by atomic mass is 16.5. The summed E-state index contributed by atoms with van der Waals surface area (Å²) >= 11 is 0. The summed E-state index contributed by atoms with van der Waals surface area (Å²) in [5.41, 5.74) is 2.29. The fraction of sp³-hybridized carbons (Fsp3) is 0.231. The summed E-state index contributed by atoms with van der Waals surface area (Å²) in [4.78, 5) is 14.7. The molecule has 0 spiro atoms. The smallest absolute Gasteiger partial charge is 0.323 e. The van der Waals surface area contributed by atoms with Crippen molar-refractivity contribution in [3.8, 4) is 11.5 Å². The van der Waals surface area contributed by atoms with E-state index in [0.717, 1.165) is 29.7 Å². The quantitative estimate of drug-likeness (QED) is 0.360. The first kappa shape index (κ1) is 22.4. The van der Waals surface area contributed by atoms with E-state index in [9.17, 15) is 4.79 Å². The number of aromatic nitrogens is 2. The molecule has 4 aromatic rings. The van der Waals surface area contributed by atoms with Crippen LogP contribution in [0.25, 0.3) is 10.9 Å². The molecule has 7 heteroatoms. The van der Waals surface area contributed by atoms with E-state index in [1.54, 1.807) is 12.1 Å². The normalized spacial score (nSPS) is 11.2. The van der Waals surface area contributed by atoms with Crippen LogP contribution in [-0.2, 0) is 6.54 Å². The molecule has 0 aliphatic carbocycles. The third-order valence-electron chi connectivity index (χ3n) is 5.46. The van der Waals surface area contributed by atoms with Gasteiger partial charge in [-0.1, -0.05) is 18.2 Å². The summed E-state index contributed by atoms with van der Waals surface area (Å²) in [7, 11) is 2.11. The molecule has 0 unspecified atom stereocenters. The number of anilines is 2. The van der Waals surface area contributed by atoms with Gasteiger partial charge in [0.1, 0.15) is 11.5 Å². The Morgan fingerprint density at radius 1 is 0.970 bits per heavy atom. The summed E-state index contributed by atoms with van der Waals surface area (Å²) < 4.78 is 7.73. The van der Waals surface area contributed by atoms with E-state index in [1.165, 1.54) is 0 Å². The molecule has 2 amide bonds. The first-order valence-corrected chi connectivity index (χ1v) is 11.0. The van der Waals surface area contributed by atoms with Crippen molar-refractivity contribution in [1.29, 1.82) is 0 Å². The standard InChI is InChI=1S/C26H29N5O2/c1-19(2)30(3)15-16-31-18-20-17-22(11-14-25(20)29-31)28-26(32)27-21-9-12-24(13-10-21)33-23-7-5-4-6-8-23/h4-14,17-19H,15-16H2,1-3H3,(H2,27,28,32). The first-order chi connectivity index (χ1) is 16.0. The third kappa shape index (κ3) is 6.11. The predicted octanol–water partition coefficient (Wildman–Crippen LogP) is 5.81. The fourth-order valence-electron chi connectivity index (χ4n) is 3.31. The highest BCUT2D eigenvalue weighted by molar-refractivity contribution is 6.00. The van der Waals surface area contributed by atoms with Crippen molar-refractivity contribution >= 4 is 28.3 Å². The number of ether oxygens (including phenoxy) is 1. The zero-order chi connectivity index (χ0) is 23.2. The Morgan fingerprint density at radius 2 is 1.64 bits per heavy atom. The maximum absolute atomic E-state index is 12.5. The first-order valence-electron chi connectivity index (χ1n) is 11.0. The van der Waals surface area contributed by atoms with Gasteiger partial charge in [0.05, 0.1) is 12.1 Å². The van der Waals surface area contributed by atoms with Gasteiger partial charge >= 0.3 is 6.03 Å². The molecular formula is C26H29N5O2. The number of carbonyl (C=O) groups is 1. The number of amides is 2. The van der Waals surface area contributed by atoms with Gasteiger partial charge < -0.3 is 20.3 Å². The molecule has 4 rings (SSSR count). The minimum absolute atomic E-state index is 0.308. The van der Waals surface area contributed by atoms with Crippen molar-refractivity contribution in [2.45, 2.75) is 26.4 Å². The van der Waals surface area contributed by atoms with Crippen LogP contribution in [0.15, 0.2) is 79.0 Å². The summed E-state index contributed by atoms with van der Waals surface area (Å²) in [5, 5.41) is 11.3. The monoisotopic (exact) mass is 443 g/mol. The van der Waals surface area contributed by atoms with Gasteiger partial charge in [0.2, 0.25) is 0 Å². The lowest BCUT2D eigenvalue weighted by Gasteiger charge is -2.20.